The number of aromatic nitrogens is 1. The Morgan fingerprint density at radius 3 is 2.52 bits per heavy atom. The Bertz CT molecular complexity index is 1100. The molecule has 8 nitrogen and oxygen atoms in total. The molecule has 1 fully saturated rings. The number of non-ortho nitro benzene ring substituents is 1. The number of benzene rings is 2. The molecule has 0 saturated carbocycles. The summed E-state index contributed by atoms with van der Waals surface area (Å²) in [6, 6.07) is 15.3. The molecule has 2 amide bonds. The van der Waals surface area contributed by atoms with Gasteiger partial charge in [-0.1, -0.05) is 30.3 Å². The van der Waals surface area contributed by atoms with E-state index in [2.05, 4.69) is 5.32 Å². The Labute approximate surface area is 179 Å². The standard InChI is InChI=1S/C23H24N4O4/c28-22(16-26-13-10-18-15-19(27(30)31)8-9-21(18)26)24-20(14-17-6-2-1-3-7-17)23(29)25-11-4-5-12-25/h1-3,6-10,13,15,20H,4-5,11-12,14,16H2,(H,24,28). The fraction of sp³-hybridized carbons (Fsp3) is 0.304. The van der Waals surface area contributed by atoms with Crippen LogP contribution in [0.2, 0.25) is 0 Å². The molecule has 1 aromatic heterocycles. The summed E-state index contributed by atoms with van der Waals surface area (Å²) in [6.45, 7) is 1.47. The predicted molar refractivity (Wildman–Crippen MR) is 116 cm³/mol. The minimum Gasteiger partial charge on any atom is -0.342 e. The van der Waals surface area contributed by atoms with Gasteiger partial charge < -0.3 is 14.8 Å². The normalized spacial score (nSPS) is 14.5. The van der Waals surface area contributed by atoms with Crippen LogP contribution < -0.4 is 5.32 Å². The van der Waals surface area contributed by atoms with Crippen LogP contribution in [0.3, 0.4) is 0 Å². The fourth-order valence-corrected chi connectivity index (χ4v) is 4.04. The molecule has 1 atom stereocenters. The third-order valence-corrected chi connectivity index (χ3v) is 5.61. The van der Waals surface area contributed by atoms with Crippen LogP contribution in [0.4, 0.5) is 5.69 Å². The van der Waals surface area contributed by atoms with Gasteiger partial charge in [-0.25, -0.2) is 0 Å². The first-order chi connectivity index (χ1) is 15.0. The number of hydrogen-bond donors (Lipinski definition) is 1. The minimum atomic E-state index is -0.629. The molecule has 1 unspecified atom stereocenters. The Kier molecular flexibility index (Phi) is 5.97. The third-order valence-electron chi connectivity index (χ3n) is 5.61. The van der Waals surface area contributed by atoms with E-state index in [4.69, 9.17) is 0 Å². The Morgan fingerprint density at radius 2 is 1.81 bits per heavy atom. The van der Waals surface area contributed by atoms with E-state index >= 15 is 0 Å². The molecule has 8 heteroatoms. The highest BCUT2D eigenvalue weighted by atomic mass is 16.6. The van der Waals surface area contributed by atoms with Crippen molar-refractivity contribution < 1.29 is 14.5 Å². The lowest BCUT2D eigenvalue weighted by Crippen LogP contribution is -2.49. The highest BCUT2D eigenvalue weighted by molar-refractivity contribution is 5.89. The molecule has 1 aliphatic rings. The molecule has 1 aliphatic heterocycles. The van der Waals surface area contributed by atoms with Crippen LogP contribution in [-0.4, -0.2) is 45.3 Å². The van der Waals surface area contributed by atoms with Crippen molar-refractivity contribution in [2.75, 3.05) is 13.1 Å². The highest BCUT2D eigenvalue weighted by Gasteiger charge is 2.28. The zero-order valence-corrected chi connectivity index (χ0v) is 17.1. The summed E-state index contributed by atoms with van der Waals surface area (Å²) in [5, 5.41) is 14.6. The van der Waals surface area contributed by atoms with Gasteiger partial charge in [0.25, 0.3) is 5.69 Å². The molecule has 2 aromatic carbocycles. The lowest BCUT2D eigenvalue weighted by atomic mass is 10.0. The van der Waals surface area contributed by atoms with Crippen molar-refractivity contribution >= 4 is 28.4 Å². The molecule has 0 aliphatic carbocycles. The second-order valence-electron chi connectivity index (χ2n) is 7.79. The number of nitrogens with one attached hydrogen (secondary N) is 1. The number of likely N-dealkylation sites (tertiary alicyclic amines) is 1. The molecule has 1 N–H and O–H groups in total. The molecule has 31 heavy (non-hydrogen) atoms. The summed E-state index contributed by atoms with van der Waals surface area (Å²) in [7, 11) is 0. The van der Waals surface area contributed by atoms with Crippen LogP contribution in [0.25, 0.3) is 10.9 Å². The van der Waals surface area contributed by atoms with Gasteiger partial charge in [0.15, 0.2) is 0 Å². The van der Waals surface area contributed by atoms with Crippen molar-refractivity contribution in [1.82, 2.24) is 14.8 Å². The van der Waals surface area contributed by atoms with Gasteiger partial charge in [-0.15, -0.1) is 0 Å². The summed E-state index contributed by atoms with van der Waals surface area (Å²) in [5.74, 6) is -0.327. The van der Waals surface area contributed by atoms with E-state index in [9.17, 15) is 19.7 Å². The summed E-state index contributed by atoms with van der Waals surface area (Å²) >= 11 is 0. The monoisotopic (exact) mass is 420 g/mol. The van der Waals surface area contributed by atoms with Crippen LogP contribution in [0, 0.1) is 10.1 Å². The van der Waals surface area contributed by atoms with Crippen LogP contribution >= 0.6 is 0 Å². The number of nitro groups is 1. The molecule has 0 bridgehead atoms. The highest BCUT2D eigenvalue weighted by Crippen LogP contribution is 2.22. The van der Waals surface area contributed by atoms with E-state index in [0.717, 1.165) is 37.0 Å². The number of carbonyl (C=O) groups excluding carboxylic acids is 2. The van der Waals surface area contributed by atoms with E-state index in [1.54, 1.807) is 22.9 Å². The average molecular weight is 420 g/mol. The van der Waals surface area contributed by atoms with Gasteiger partial charge in [0, 0.05) is 48.7 Å². The number of fused-ring (bicyclic) bond motifs is 1. The molecule has 3 aromatic rings. The fourth-order valence-electron chi connectivity index (χ4n) is 4.04. The first-order valence-corrected chi connectivity index (χ1v) is 10.4. The van der Waals surface area contributed by atoms with Crippen molar-refractivity contribution in [3.63, 3.8) is 0 Å². The smallest absolute Gasteiger partial charge is 0.270 e. The van der Waals surface area contributed by atoms with Crippen LogP contribution in [0.5, 0.6) is 0 Å². The number of nitro benzene ring substituents is 1. The van der Waals surface area contributed by atoms with Crippen molar-refractivity contribution in [3.05, 3.63) is 76.5 Å². The summed E-state index contributed by atoms with van der Waals surface area (Å²) in [5.41, 5.74) is 1.72. The zero-order chi connectivity index (χ0) is 21.8. The molecule has 160 valence electrons. The van der Waals surface area contributed by atoms with Gasteiger partial charge in [-0.2, -0.15) is 0 Å². The van der Waals surface area contributed by atoms with Gasteiger partial charge in [-0.3, -0.25) is 19.7 Å². The molecule has 4 rings (SSSR count). The van der Waals surface area contributed by atoms with E-state index in [1.807, 2.05) is 35.2 Å². The first-order valence-electron chi connectivity index (χ1n) is 10.4. The lowest BCUT2D eigenvalue weighted by molar-refractivity contribution is -0.384. The molecule has 1 saturated heterocycles. The van der Waals surface area contributed by atoms with Gasteiger partial charge in [0.2, 0.25) is 11.8 Å². The predicted octanol–water partition coefficient (Wildman–Crippen LogP) is 2.90. The second kappa shape index (κ2) is 8.99. The maximum Gasteiger partial charge on any atom is 0.270 e. The van der Waals surface area contributed by atoms with Crippen LogP contribution in [0.15, 0.2) is 60.8 Å². The number of hydrogen-bond acceptors (Lipinski definition) is 4. The number of carbonyl (C=O) groups is 2. The molecular formula is C23H24N4O4. The Balaban J connectivity index is 1.49. The topological polar surface area (TPSA) is 97.5 Å². The van der Waals surface area contributed by atoms with Gasteiger partial charge in [-0.05, 0) is 30.5 Å². The van der Waals surface area contributed by atoms with Crippen LogP contribution in [0.1, 0.15) is 18.4 Å². The zero-order valence-electron chi connectivity index (χ0n) is 17.1. The summed E-state index contributed by atoms with van der Waals surface area (Å²) in [4.78, 5) is 38.2. The lowest BCUT2D eigenvalue weighted by Gasteiger charge is -2.24. The molecule has 0 radical (unpaired) electrons. The van der Waals surface area contributed by atoms with Gasteiger partial charge in [0.1, 0.15) is 12.6 Å². The first kappa shape index (κ1) is 20.6. The van der Waals surface area contributed by atoms with E-state index in [1.165, 1.54) is 12.1 Å². The average Bonchev–Trinajstić information content (AvgIpc) is 3.44. The number of nitrogens with zero attached hydrogens (tertiary/aromatic N) is 3. The Hall–Kier alpha value is -3.68. The van der Waals surface area contributed by atoms with Crippen molar-refractivity contribution in [2.45, 2.75) is 31.8 Å². The van der Waals surface area contributed by atoms with E-state index < -0.39 is 11.0 Å². The largest absolute Gasteiger partial charge is 0.342 e. The van der Waals surface area contributed by atoms with Crippen LogP contribution in [-0.2, 0) is 22.6 Å². The van der Waals surface area contributed by atoms with Crippen molar-refractivity contribution in [1.29, 1.82) is 0 Å². The number of amides is 2. The van der Waals surface area contributed by atoms with Gasteiger partial charge >= 0.3 is 0 Å². The van der Waals surface area contributed by atoms with Gasteiger partial charge in [0.05, 0.1) is 4.92 Å². The maximum atomic E-state index is 13.0. The molecule has 2 heterocycles. The third kappa shape index (κ3) is 4.74. The maximum absolute atomic E-state index is 13.0. The van der Waals surface area contributed by atoms with Crippen molar-refractivity contribution in [2.24, 2.45) is 0 Å². The Morgan fingerprint density at radius 1 is 1.06 bits per heavy atom. The molecular weight excluding hydrogens is 396 g/mol. The van der Waals surface area contributed by atoms with E-state index in [-0.39, 0.29) is 24.0 Å². The molecule has 0 spiro atoms. The van der Waals surface area contributed by atoms with E-state index in [0.29, 0.717) is 11.8 Å². The summed E-state index contributed by atoms with van der Waals surface area (Å²) < 4.78 is 1.73. The van der Waals surface area contributed by atoms with Crippen molar-refractivity contribution in [3.8, 4) is 0 Å². The minimum absolute atomic E-state index is 0.00818. The number of rotatable bonds is 7. The SMILES string of the molecule is O=C(Cn1ccc2cc([N+](=O)[O-])ccc21)NC(Cc1ccccc1)C(=O)N1CCCC1. The quantitative estimate of drug-likeness (QED) is 0.469. The summed E-state index contributed by atoms with van der Waals surface area (Å²) in [6.07, 6.45) is 4.13. The second-order valence-corrected chi connectivity index (χ2v) is 7.79.